The molecule has 0 heterocycles. The maximum Gasteiger partial charge on any atom is 0.508 e. The number of esters is 2. The Morgan fingerprint density at radius 1 is 0.917 bits per heavy atom. The highest BCUT2D eigenvalue weighted by Crippen LogP contribution is 2.11. The van der Waals surface area contributed by atoms with Gasteiger partial charge >= 0.3 is 18.1 Å². The van der Waals surface area contributed by atoms with Crippen molar-refractivity contribution >= 4 is 18.1 Å². The van der Waals surface area contributed by atoms with Crippen molar-refractivity contribution < 1.29 is 33.3 Å². The summed E-state index contributed by atoms with van der Waals surface area (Å²) in [5, 5.41) is 0. The largest absolute Gasteiger partial charge is 0.508 e. The minimum absolute atomic E-state index is 0.161. The van der Waals surface area contributed by atoms with Crippen LogP contribution in [0.1, 0.15) is 60.3 Å². The summed E-state index contributed by atoms with van der Waals surface area (Å²) in [5.41, 5.74) is 0. The zero-order valence-electron chi connectivity index (χ0n) is 15.3. The molecule has 24 heavy (non-hydrogen) atoms. The van der Waals surface area contributed by atoms with Gasteiger partial charge in [-0.25, -0.2) is 4.79 Å². The van der Waals surface area contributed by atoms with Gasteiger partial charge < -0.3 is 18.9 Å². The fourth-order valence-electron chi connectivity index (χ4n) is 1.87. The van der Waals surface area contributed by atoms with Gasteiger partial charge in [-0.15, -0.1) is 0 Å². The molecule has 0 fully saturated rings. The van der Waals surface area contributed by atoms with Crippen LogP contribution in [0.4, 0.5) is 4.79 Å². The maximum atomic E-state index is 11.9. The Morgan fingerprint density at radius 2 is 1.54 bits per heavy atom. The van der Waals surface area contributed by atoms with Crippen LogP contribution < -0.4 is 0 Å². The first-order valence-corrected chi connectivity index (χ1v) is 8.43. The Bertz CT molecular complexity index is 392. The molecule has 0 aliphatic carbocycles. The normalized spacial score (nSPS) is 13.1. The molecule has 0 saturated heterocycles. The van der Waals surface area contributed by atoms with Crippen LogP contribution in [0.2, 0.25) is 0 Å². The van der Waals surface area contributed by atoms with Crippen LogP contribution in [0.25, 0.3) is 0 Å². The fourth-order valence-corrected chi connectivity index (χ4v) is 1.87. The number of carbonyl (C=O) groups excluding carboxylic acids is 3. The first-order valence-electron chi connectivity index (χ1n) is 8.43. The van der Waals surface area contributed by atoms with Gasteiger partial charge in [-0.05, 0) is 20.3 Å². The summed E-state index contributed by atoms with van der Waals surface area (Å²) in [6, 6.07) is 0. The van der Waals surface area contributed by atoms with E-state index in [1.165, 1.54) is 6.92 Å². The van der Waals surface area contributed by atoms with E-state index >= 15 is 0 Å². The molecule has 0 aromatic heterocycles. The molecular formula is C17H30O7. The second kappa shape index (κ2) is 12.6. The van der Waals surface area contributed by atoms with Crippen molar-refractivity contribution in [2.75, 3.05) is 13.2 Å². The van der Waals surface area contributed by atoms with E-state index in [9.17, 15) is 14.4 Å². The number of unbranched alkanes of at least 4 members (excludes halogenated alkanes) is 2. The van der Waals surface area contributed by atoms with Crippen molar-refractivity contribution in [2.24, 2.45) is 5.92 Å². The molecule has 2 atom stereocenters. The van der Waals surface area contributed by atoms with E-state index in [0.717, 1.165) is 25.7 Å². The van der Waals surface area contributed by atoms with Crippen LogP contribution in [-0.4, -0.2) is 43.5 Å². The lowest BCUT2D eigenvalue weighted by Crippen LogP contribution is -2.31. The summed E-state index contributed by atoms with van der Waals surface area (Å²) in [7, 11) is 0. The summed E-state index contributed by atoms with van der Waals surface area (Å²) < 4.78 is 19.8. The Morgan fingerprint density at radius 3 is 2.08 bits per heavy atom. The van der Waals surface area contributed by atoms with Gasteiger partial charge in [0.05, 0.1) is 12.0 Å². The summed E-state index contributed by atoms with van der Waals surface area (Å²) in [6.45, 7) is 8.11. The van der Waals surface area contributed by atoms with Gasteiger partial charge in [-0.3, -0.25) is 9.59 Å². The molecule has 0 aromatic carbocycles. The van der Waals surface area contributed by atoms with E-state index in [0.29, 0.717) is 0 Å². The minimum Gasteiger partial charge on any atom is -0.461 e. The van der Waals surface area contributed by atoms with Crippen molar-refractivity contribution in [3.63, 3.8) is 0 Å². The van der Waals surface area contributed by atoms with Crippen LogP contribution >= 0.6 is 0 Å². The third-order valence-corrected chi connectivity index (χ3v) is 3.11. The first kappa shape index (κ1) is 22.2. The van der Waals surface area contributed by atoms with E-state index in [4.69, 9.17) is 18.9 Å². The lowest BCUT2D eigenvalue weighted by molar-refractivity contribution is -0.162. The number of carbonyl (C=O) groups is 3. The highest BCUT2D eigenvalue weighted by atomic mass is 16.7. The van der Waals surface area contributed by atoms with Crippen molar-refractivity contribution in [3.05, 3.63) is 0 Å². The van der Waals surface area contributed by atoms with Crippen LogP contribution in [0.3, 0.4) is 0 Å². The van der Waals surface area contributed by atoms with Gasteiger partial charge in [0.25, 0.3) is 0 Å². The average Bonchev–Trinajstić information content (AvgIpc) is 2.48. The molecule has 0 aliphatic heterocycles. The van der Waals surface area contributed by atoms with E-state index in [1.54, 1.807) is 20.8 Å². The highest BCUT2D eigenvalue weighted by molar-refractivity contribution is 5.72. The fraction of sp³-hybridized carbons (Fsp3) is 0.824. The predicted octanol–water partition coefficient (Wildman–Crippen LogP) is 3.24. The number of hydrogen-bond acceptors (Lipinski definition) is 7. The summed E-state index contributed by atoms with van der Waals surface area (Å²) in [5.74, 6) is -1.12. The molecule has 7 heteroatoms. The molecule has 0 rings (SSSR count). The Balaban J connectivity index is 4.29. The SMILES string of the molecule is CCCCCC(C)C(=O)OCC(COC(=O)OC(C)C)OC(C)=O. The lowest BCUT2D eigenvalue weighted by atomic mass is 10.0. The summed E-state index contributed by atoms with van der Waals surface area (Å²) in [4.78, 5) is 34.4. The molecule has 0 aliphatic rings. The monoisotopic (exact) mass is 346 g/mol. The Kier molecular flexibility index (Phi) is 11.7. The van der Waals surface area contributed by atoms with Crippen molar-refractivity contribution in [3.8, 4) is 0 Å². The van der Waals surface area contributed by atoms with Gasteiger partial charge in [0.2, 0.25) is 0 Å². The molecular weight excluding hydrogens is 316 g/mol. The molecule has 2 unspecified atom stereocenters. The molecule has 0 saturated carbocycles. The smallest absolute Gasteiger partial charge is 0.461 e. The van der Waals surface area contributed by atoms with Gasteiger partial charge in [-0.2, -0.15) is 0 Å². The molecule has 0 spiro atoms. The minimum atomic E-state index is -0.860. The first-order chi connectivity index (χ1) is 11.3. The zero-order valence-corrected chi connectivity index (χ0v) is 15.3. The van der Waals surface area contributed by atoms with Gasteiger partial charge in [0, 0.05) is 6.92 Å². The van der Waals surface area contributed by atoms with Crippen molar-refractivity contribution in [2.45, 2.75) is 72.5 Å². The van der Waals surface area contributed by atoms with Gasteiger partial charge in [-0.1, -0.05) is 33.1 Å². The lowest BCUT2D eigenvalue weighted by Gasteiger charge is -2.18. The third kappa shape index (κ3) is 11.7. The average molecular weight is 346 g/mol. The standard InChI is InChI=1S/C17H30O7/c1-6-7-8-9-13(4)16(19)21-10-15(24-14(5)18)11-22-17(20)23-12(2)3/h12-13,15H,6-11H2,1-5H3. The second-order valence-corrected chi connectivity index (χ2v) is 5.99. The Hall–Kier alpha value is -1.79. The van der Waals surface area contributed by atoms with E-state index in [1.807, 2.05) is 0 Å². The van der Waals surface area contributed by atoms with Gasteiger partial charge in [0.15, 0.2) is 6.10 Å². The van der Waals surface area contributed by atoms with E-state index in [-0.39, 0.29) is 31.2 Å². The molecule has 0 N–H and O–H groups in total. The van der Waals surface area contributed by atoms with E-state index in [2.05, 4.69) is 6.92 Å². The maximum absolute atomic E-state index is 11.9. The molecule has 0 amide bonds. The molecule has 0 bridgehead atoms. The van der Waals surface area contributed by atoms with Crippen LogP contribution in [0.5, 0.6) is 0 Å². The topological polar surface area (TPSA) is 88.1 Å². The molecule has 140 valence electrons. The van der Waals surface area contributed by atoms with Gasteiger partial charge in [0.1, 0.15) is 13.2 Å². The predicted molar refractivity (Wildman–Crippen MR) is 87.4 cm³/mol. The van der Waals surface area contributed by atoms with Crippen LogP contribution in [-0.2, 0) is 28.5 Å². The van der Waals surface area contributed by atoms with E-state index < -0.39 is 18.2 Å². The van der Waals surface area contributed by atoms with Crippen LogP contribution in [0, 0.1) is 5.92 Å². The zero-order chi connectivity index (χ0) is 18.5. The Labute approximate surface area is 144 Å². The van der Waals surface area contributed by atoms with Crippen molar-refractivity contribution in [1.82, 2.24) is 0 Å². The van der Waals surface area contributed by atoms with Crippen LogP contribution in [0.15, 0.2) is 0 Å². The third-order valence-electron chi connectivity index (χ3n) is 3.11. The highest BCUT2D eigenvalue weighted by Gasteiger charge is 2.21. The quantitative estimate of drug-likeness (QED) is 0.322. The summed E-state index contributed by atoms with van der Waals surface area (Å²) in [6.07, 6.45) is 1.84. The van der Waals surface area contributed by atoms with Crippen molar-refractivity contribution in [1.29, 1.82) is 0 Å². The molecule has 0 radical (unpaired) electrons. The number of hydrogen-bond donors (Lipinski definition) is 0. The second-order valence-electron chi connectivity index (χ2n) is 5.99. The number of rotatable bonds is 11. The molecule has 0 aromatic rings. The summed E-state index contributed by atoms with van der Waals surface area (Å²) >= 11 is 0. The molecule has 7 nitrogen and oxygen atoms in total. The number of ether oxygens (including phenoxy) is 4.